The van der Waals surface area contributed by atoms with E-state index in [-0.39, 0.29) is 0 Å². The highest BCUT2D eigenvalue weighted by Gasteiger charge is 2.30. The van der Waals surface area contributed by atoms with Crippen LogP contribution in [-0.2, 0) is 0 Å². The number of aliphatic hydroxyl groups is 1. The van der Waals surface area contributed by atoms with E-state index < -0.39 is 5.60 Å². The highest BCUT2D eigenvalue weighted by molar-refractivity contribution is 5.31. The lowest BCUT2D eigenvalue weighted by Crippen LogP contribution is -2.32. The molecule has 0 amide bonds. The van der Waals surface area contributed by atoms with E-state index in [9.17, 15) is 5.11 Å². The van der Waals surface area contributed by atoms with E-state index in [0.717, 1.165) is 31.8 Å². The number of ether oxygens (including phenoxy) is 1. The van der Waals surface area contributed by atoms with E-state index in [1.54, 1.807) is 0 Å². The second-order valence-electron chi connectivity index (χ2n) is 5.14. The lowest BCUT2D eigenvalue weighted by atomic mass is 10.1. The van der Waals surface area contributed by atoms with Crippen LogP contribution in [-0.4, -0.2) is 41.8 Å². The maximum absolute atomic E-state index is 9.84. The number of hydrogen-bond donors (Lipinski definition) is 1. The van der Waals surface area contributed by atoms with Gasteiger partial charge >= 0.3 is 0 Å². The summed E-state index contributed by atoms with van der Waals surface area (Å²) in [5.41, 5.74) is 0.656. The Hall–Kier alpha value is -1.06. The van der Waals surface area contributed by atoms with E-state index in [0.29, 0.717) is 6.61 Å². The van der Waals surface area contributed by atoms with Crippen molar-refractivity contribution in [1.82, 2.24) is 4.90 Å². The maximum atomic E-state index is 9.84. The third-order valence-corrected chi connectivity index (χ3v) is 3.29. The van der Waals surface area contributed by atoms with E-state index in [2.05, 4.69) is 17.9 Å². The van der Waals surface area contributed by atoms with E-state index in [1.165, 1.54) is 5.56 Å². The minimum atomic E-state index is -0.511. The van der Waals surface area contributed by atoms with Gasteiger partial charge in [-0.25, -0.2) is 0 Å². The van der Waals surface area contributed by atoms with Gasteiger partial charge in [-0.2, -0.15) is 0 Å². The molecule has 94 valence electrons. The number of likely N-dealkylation sites (tertiary alicyclic amines) is 1. The van der Waals surface area contributed by atoms with Gasteiger partial charge in [-0.1, -0.05) is 18.2 Å². The molecule has 0 aliphatic carbocycles. The first-order valence-corrected chi connectivity index (χ1v) is 6.20. The molecule has 0 saturated carbocycles. The molecule has 1 aliphatic heterocycles. The zero-order valence-electron chi connectivity index (χ0n) is 10.6. The van der Waals surface area contributed by atoms with Crippen molar-refractivity contribution in [1.29, 1.82) is 0 Å². The predicted molar refractivity (Wildman–Crippen MR) is 68.4 cm³/mol. The number of hydrogen-bond acceptors (Lipinski definition) is 3. The second kappa shape index (κ2) is 5.07. The largest absolute Gasteiger partial charge is 0.492 e. The summed E-state index contributed by atoms with van der Waals surface area (Å²) in [5, 5.41) is 9.84. The van der Waals surface area contributed by atoms with Crippen molar-refractivity contribution in [3.63, 3.8) is 0 Å². The van der Waals surface area contributed by atoms with E-state index >= 15 is 0 Å². The standard InChI is InChI=1S/C14H21NO2/c1-12-5-3-4-6-13(12)17-10-9-15-8-7-14(2,16)11-15/h3-6,16H,7-11H2,1-2H3. The zero-order chi connectivity index (χ0) is 12.3. The molecular weight excluding hydrogens is 214 g/mol. The van der Waals surface area contributed by atoms with Gasteiger partial charge in [0.05, 0.1) is 5.60 Å². The van der Waals surface area contributed by atoms with Crippen molar-refractivity contribution in [3.8, 4) is 5.75 Å². The number of benzene rings is 1. The quantitative estimate of drug-likeness (QED) is 0.864. The molecule has 3 nitrogen and oxygen atoms in total. The van der Waals surface area contributed by atoms with Gasteiger partial charge in [0.1, 0.15) is 12.4 Å². The van der Waals surface area contributed by atoms with Crippen molar-refractivity contribution in [2.24, 2.45) is 0 Å². The molecule has 1 unspecified atom stereocenters. The molecule has 1 saturated heterocycles. The molecule has 1 aromatic carbocycles. The van der Waals surface area contributed by atoms with Crippen LogP contribution in [0.25, 0.3) is 0 Å². The number of nitrogens with zero attached hydrogens (tertiary/aromatic N) is 1. The summed E-state index contributed by atoms with van der Waals surface area (Å²) in [6.07, 6.45) is 0.858. The Morgan fingerprint density at radius 1 is 1.41 bits per heavy atom. The third-order valence-electron chi connectivity index (χ3n) is 3.29. The molecule has 0 bridgehead atoms. The summed E-state index contributed by atoms with van der Waals surface area (Å²) in [4.78, 5) is 2.25. The molecule has 17 heavy (non-hydrogen) atoms. The molecule has 1 aliphatic rings. The van der Waals surface area contributed by atoms with Crippen molar-refractivity contribution in [2.45, 2.75) is 25.9 Å². The van der Waals surface area contributed by atoms with Gasteiger partial charge in [0, 0.05) is 19.6 Å². The Labute approximate surface area is 103 Å². The Balaban J connectivity index is 1.76. The fourth-order valence-electron chi connectivity index (χ4n) is 2.23. The van der Waals surface area contributed by atoms with Crippen LogP contribution in [0.5, 0.6) is 5.75 Å². The van der Waals surface area contributed by atoms with E-state index in [4.69, 9.17) is 4.74 Å². The zero-order valence-corrected chi connectivity index (χ0v) is 10.6. The fourth-order valence-corrected chi connectivity index (χ4v) is 2.23. The molecule has 1 atom stereocenters. The molecular formula is C14H21NO2. The maximum Gasteiger partial charge on any atom is 0.122 e. The van der Waals surface area contributed by atoms with Crippen LogP contribution in [0.4, 0.5) is 0 Å². The summed E-state index contributed by atoms with van der Waals surface area (Å²) < 4.78 is 5.74. The highest BCUT2D eigenvalue weighted by Crippen LogP contribution is 2.20. The number of aryl methyl sites for hydroxylation is 1. The first-order chi connectivity index (χ1) is 8.07. The molecule has 3 heteroatoms. The van der Waals surface area contributed by atoms with Crippen molar-refractivity contribution < 1.29 is 9.84 Å². The lowest BCUT2D eigenvalue weighted by Gasteiger charge is -2.19. The molecule has 1 heterocycles. The van der Waals surface area contributed by atoms with Crippen molar-refractivity contribution in [2.75, 3.05) is 26.2 Å². The minimum Gasteiger partial charge on any atom is -0.492 e. The first-order valence-electron chi connectivity index (χ1n) is 6.20. The summed E-state index contributed by atoms with van der Waals surface area (Å²) in [6.45, 7) is 7.23. The van der Waals surface area contributed by atoms with Crippen LogP contribution in [0.15, 0.2) is 24.3 Å². The average Bonchev–Trinajstić information content (AvgIpc) is 2.61. The minimum absolute atomic E-state index is 0.511. The van der Waals surface area contributed by atoms with Crippen LogP contribution in [0.2, 0.25) is 0 Å². The van der Waals surface area contributed by atoms with Crippen LogP contribution in [0.3, 0.4) is 0 Å². The topological polar surface area (TPSA) is 32.7 Å². The van der Waals surface area contributed by atoms with Gasteiger partial charge < -0.3 is 9.84 Å². The van der Waals surface area contributed by atoms with Gasteiger partial charge in [0.25, 0.3) is 0 Å². The number of para-hydroxylation sites is 1. The lowest BCUT2D eigenvalue weighted by molar-refractivity contribution is 0.0670. The summed E-state index contributed by atoms with van der Waals surface area (Å²) in [6, 6.07) is 8.05. The molecule has 1 N–H and O–H groups in total. The predicted octanol–water partition coefficient (Wildman–Crippen LogP) is 1.83. The van der Waals surface area contributed by atoms with E-state index in [1.807, 2.05) is 25.1 Å². The summed E-state index contributed by atoms with van der Waals surface area (Å²) in [5.74, 6) is 0.957. The van der Waals surface area contributed by atoms with Crippen LogP contribution >= 0.6 is 0 Å². The van der Waals surface area contributed by atoms with Crippen molar-refractivity contribution in [3.05, 3.63) is 29.8 Å². The SMILES string of the molecule is Cc1ccccc1OCCN1CCC(C)(O)C1. The summed E-state index contributed by atoms with van der Waals surface area (Å²) in [7, 11) is 0. The fraction of sp³-hybridized carbons (Fsp3) is 0.571. The first kappa shape index (κ1) is 12.4. The van der Waals surface area contributed by atoms with Gasteiger partial charge in [-0.3, -0.25) is 4.90 Å². The summed E-state index contributed by atoms with van der Waals surface area (Å²) >= 11 is 0. The molecule has 0 radical (unpaired) electrons. The highest BCUT2D eigenvalue weighted by atomic mass is 16.5. The Bertz CT molecular complexity index is 376. The Kier molecular flexibility index (Phi) is 3.69. The Morgan fingerprint density at radius 2 is 2.18 bits per heavy atom. The van der Waals surface area contributed by atoms with Gasteiger partial charge in [0.15, 0.2) is 0 Å². The molecule has 0 spiro atoms. The Morgan fingerprint density at radius 3 is 2.82 bits per heavy atom. The molecule has 2 rings (SSSR count). The van der Waals surface area contributed by atoms with Crippen LogP contribution < -0.4 is 4.74 Å². The van der Waals surface area contributed by atoms with Crippen molar-refractivity contribution >= 4 is 0 Å². The van der Waals surface area contributed by atoms with Gasteiger partial charge in [-0.15, -0.1) is 0 Å². The van der Waals surface area contributed by atoms with Crippen LogP contribution in [0, 0.1) is 6.92 Å². The number of rotatable bonds is 4. The van der Waals surface area contributed by atoms with Crippen LogP contribution in [0.1, 0.15) is 18.9 Å². The van der Waals surface area contributed by atoms with Gasteiger partial charge in [-0.05, 0) is 31.9 Å². The normalized spacial score (nSPS) is 25.1. The third kappa shape index (κ3) is 3.45. The second-order valence-corrected chi connectivity index (χ2v) is 5.14. The molecule has 1 fully saturated rings. The van der Waals surface area contributed by atoms with Gasteiger partial charge in [0.2, 0.25) is 0 Å². The molecule has 0 aromatic heterocycles. The average molecular weight is 235 g/mol. The molecule has 1 aromatic rings. The monoisotopic (exact) mass is 235 g/mol. The smallest absolute Gasteiger partial charge is 0.122 e. The number of β-amino-alcohol motifs (C(OH)–C–C–N with tert-alkyl or cyclic N) is 1.